The summed E-state index contributed by atoms with van der Waals surface area (Å²) in [5.74, 6) is 0.952. The molecular weight excluding hydrogens is 174 g/mol. The smallest absolute Gasteiger partial charge is 0.120 e. The van der Waals surface area contributed by atoms with Crippen molar-refractivity contribution in [2.75, 3.05) is 19.0 Å². The molecule has 1 heterocycles. The lowest BCUT2D eigenvalue weighted by atomic mass is 9.66. The summed E-state index contributed by atoms with van der Waals surface area (Å²) >= 11 is 0. The zero-order valence-electron chi connectivity index (χ0n) is 8.47. The van der Waals surface area contributed by atoms with Crippen LogP contribution in [-0.4, -0.2) is 13.7 Å². The summed E-state index contributed by atoms with van der Waals surface area (Å²) < 4.78 is 5.22. The number of benzene rings is 1. The molecule has 1 fully saturated rings. The van der Waals surface area contributed by atoms with E-state index in [4.69, 9.17) is 4.74 Å². The lowest BCUT2D eigenvalue weighted by molar-refractivity contribution is 0.272. The number of methoxy groups -OCH3 is 1. The van der Waals surface area contributed by atoms with E-state index < -0.39 is 0 Å². The highest BCUT2D eigenvalue weighted by molar-refractivity contribution is 5.63. The number of hydrogen-bond donors (Lipinski definition) is 1. The third-order valence-electron chi connectivity index (χ3n) is 3.73. The van der Waals surface area contributed by atoms with Gasteiger partial charge in [0.05, 0.1) is 7.11 Å². The molecule has 1 spiro atoms. The van der Waals surface area contributed by atoms with Gasteiger partial charge in [-0.3, -0.25) is 0 Å². The molecule has 0 radical (unpaired) electrons. The number of rotatable bonds is 1. The Hall–Kier alpha value is -1.18. The summed E-state index contributed by atoms with van der Waals surface area (Å²) in [7, 11) is 1.72. The van der Waals surface area contributed by atoms with E-state index in [9.17, 15) is 0 Å². The molecule has 0 saturated heterocycles. The molecule has 2 heteroatoms. The van der Waals surface area contributed by atoms with Crippen LogP contribution in [0.3, 0.4) is 0 Å². The molecule has 2 nitrogen and oxygen atoms in total. The number of nitrogens with one attached hydrogen (secondary N) is 1. The van der Waals surface area contributed by atoms with Crippen molar-refractivity contribution in [3.05, 3.63) is 23.8 Å². The van der Waals surface area contributed by atoms with Gasteiger partial charge < -0.3 is 10.1 Å². The second-order valence-electron chi connectivity index (χ2n) is 4.40. The van der Waals surface area contributed by atoms with Crippen LogP contribution in [0.15, 0.2) is 18.2 Å². The van der Waals surface area contributed by atoms with E-state index in [0.717, 1.165) is 12.3 Å². The van der Waals surface area contributed by atoms with Crippen molar-refractivity contribution >= 4 is 5.69 Å². The Balaban J connectivity index is 2.04. The first-order valence-corrected chi connectivity index (χ1v) is 5.26. The maximum absolute atomic E-state index is 5.22. The average Bonchev–Trinajstić information content (AvgIpc) is 2.55. The molecule has 0 atom stereocenters. The minimum Gasteiger partial charge on any atom is -0.497 e. The predicted octanol–water partition coefficient (Wildman–Crippen LogP) is 2.54. The molecule has 1 N–H and O–H groups in total. The first-order chi connectivity index (χ1) is 6.84. The fourth-order valence-electron chi connectivity index (χ4n) is 2.67. The van der Waals surface area contributed by atoms with Crippen LogP contribution in [0, 0.1) is 0 Å². The topological polar surface area (TPSA) is 21.3 Å². The zero-order valence-corrected chi connectivity index (χ0v) is 8.47. The van der Waals surface area contributed by atoms with Crippen LogP contribution in [0.4, 0.5) is 5.69 Å². The molecule has 1 aromatic carbocycles. The molecule has 0 aromatic heterocycles. The summed E-state index contributed by atoms with van der Waals surface area (Å²) in [6, 6.07) is 6.42. The van der Waals surface area contributed by atoms with Crippen molar-refractivity contribution < 1.29 is 4.74 Å². The lowest BCUT2D eigenvalue weighted by Crippen LogP contribution is -2.35. The van der Waals surface area contributed by atoms with E-state index >= 15 is 0 Å². The fraction of sp³-hybridized carbons (Fsp3) is 0.500. The summed E-state index contributed by atoms with van der Waals surface area (Å²) in [4.78, 5) is 0. The van der Waals surface area contributed by atoms with E-state index in [-0.39, 0.29) is 0 Å². The Labute approximate surface area is 84.3 Å². The maximum Gasteiger partial charge on any atom is 0.120 e. The molecule has 0 bridgehead atoms. The average molecular weight is 189 g/mol. The zero-order chi connectivity index (χ0) is 9.60. The number of fused-ring (bicyclic) bond motifs is 2. The van der Waals surface area contributed by atoms with Crippen molar-refractivity contribution in [3.8, 4) is 5.75 Å². The number of ether oxygens (including phenoxy) is 1. The number of anilines is 1. The molecule has 0 amide bonds. The normalized spacial score (nSPS) is 21.2. The highest BCUT2D eigenvalue weighted by Crippen LogP contribution is 2.50. The van der Waals surface area contributed by atoms with Crippen LogP contribution in [0.2, 0.25) is 0 Å². The quantitative estimate of drug-likeness (QED) is 0.733. The molecule has 3 rings (SSSR count). The molecular formula is C12H15NO. The van der Waals surface area contributed by atoms with Gasteiger partial charge in [0.25, 0.3) is 0 Å². The van der Waals surface area contributed by atoms with Gasteiger partial charge in [-0.15, -0.1) is 0 Å². The van der Waals surface area contributed by atoms with E-state index in [2.05, 4.69) is 23.5 Å². The minimum atomic E-state index is 0.474. The standard InChI is InChI=1S/C12H15NO/c1-14-9-3-4-10-11(7-9)13-8-12(10)5-2-6-12/h3-4,7,13H,2,5-6,8H2,1H3. The third-order valence-corrected chi connectivity index (χ3v) is 3.73. The van der Waals surface area contributed by atoms with Gasteiger partial charge >= 0.3 is 0 Å². The van der Waals surface area contributed by atoms with Gasteiger partial charge in [0.15, 0.2) is 0 Å². The van der Waals surface area contributed by atoms with Gasteiger partial charge in [0, 0.05) is 23.7 Å². The molecule has 0 unspecified atom stereocenters. The SMILES string of the molecule is COc1ccc2c(c1)NCC21CCC1. The second-order valence-corrected chi connectivity index (χ2v) is 4.40. The van der Waals surface area contributed by atoms with Gasteiger partial charge in [0.1, 0.15) is 5.75 Å². The largest absolute Gasteiger partial charge is 0.497 e. The van der Waals surface area contributed by atoms with Gasteiger partial charge in [-0.1, -0.05) is 12.5 Å². The Morgan fingerprint density at radius 1 is 1.36 bits per heavy atom. The highest BCUT2D eigenvalue weighted by Gasteiger charge is 2.43. The Morgan fingerprint density at radius 2 is 2.21 bits per heavy atom. The lowest BCUT2D eigenvalue weighted by Gasteiger charge is -2.38. The molecule has 1 saturated carbocycles. The molecule has 1 aliphatic heterocycles. The second kappa shape index (κ2) is 2.66. The van der Waals surface area contributed by atoms with E-state index in [1.165, 1.54) is 30.5 Å². The fourth-order valence-corrected chi connectivity index (χ4v) is 2.67. The monoisotopic (exact) mass is 189 g/mol. The van der Waals surface area contributed by atoms with Crippen LogP contribution in [0.25, 0.3) is 0 Å². The van der Waals surface area contributed by atoms with Crippen LogP contribution >= 0.6 is 0 Å². The third kappa shape index (κ3) is 0.912. The molecule has 14 heavy (non-hydrogen) atoms. The first-order valence-electron chi connectivity index (χ1n) is 5.26. The van der Waals surface area contributed by atoms with E-state index in [1.54, 1.807) is 7.11 Å². The molecule has 1 aromatic rings. The Bertz CT molecular complexity index is 369. The Morgan fingerprint density at radius 3 is 2.86 bits per heavy atom. The van der Waals surface area contributed by atoms with Crippen molar-refractivity contribution in [2.45, 2.75) is 24.7 Å². The van der Waals surface area contributed by atoms with Gasteiger partial charge in [-0.05, 0) is 24.5 Å². The Kier molecular flexibility index (Phi) is 1.55. The van der Waals surface area contributed by atoms with E-state index in [1.807, 2.05) is 0 Å². The molecule has 2 aliphatic rings. The summed E-state index contributed by atoms with van der Waals surface area (Å²) in [5.41, 5.74) is 3.26. The summed E-state index contributed by atoms with van der Waals surface area (Å²) in [6.45, 7) is 1.12. The summed E-state index contributed by atoms with van der Waals surface area (Å²) in [6.07, 6.45) is 4.08. The number of hydrogen-bond acceptors (Lipinski definition) is 2. The predicted molar refractivity (Wildman–Crippen MR) is 57.0 cm³/mol. The van der Waals surface area contributed by atoms with Gasteiger partial charge in [-0.25, -0.2) is 0 Å². The van der Waals surface area contributed by atoms with E-state index in [0.29, 0.717) is 5.41 Å². The summed E-state index contributed by atoms with van der Waals surface area (Å²) in [5, 5.41) is 3.49. The van der Waals surface area contributed by atoms with Crippen LogP contribution in [0.5, 0.6) is 5.75 Å². The van der Waals surface area contributed by atoms with Crippen molar-refractivity contribution in [1.82, 2.24) is 0 Å². The maximum atomic E-state index is 5.22. The molecule has 74 valence electrons. The van der Waals surface area contributed by atoms with Gasteiger partial charge in [0.2, 0.25) is 0 Å². The van der Waals surface area contributed by atoms with Crippen molar-refractivity contribution in [2.24, 2.45) is 0 Å². The van der Waals surface area contributed by atoms with Crippen LogP contribution < -0.4 is 10.1 Å². The minimum absolute atomic E-state index is 0.474. The van der Waals surface area contributed by atoms with Gasteiger partial charge in [-0.2, -0.15) is 0 Å². The van der Waals surface area contributed by atoms with Crippen LogP contribution in [0.1, 0.15) is 24.8 Å². The van der Waals surface area contributed by atoms with Crippen LogP contribution in [-0.2, 0) is 5.41 Å². The highest BCUT2D eigenvalue weighted by atomic mass is 16.5. The van der Waals surface area contributed by atoms with Crippen molar-refractivity contribution in [1.29, 1.82) is 0 Å². The first kappa shape index (κ1) is 8.16. The molecule has 1 aliphatic carbocycles. The van der Waals surface area contributed by atoms with Crippen molar-refractivity contribution in [3.63, 3.8) is 0 Å².